The molecule has 0 spiro atoms. The maximum Gasteiger partial charge on any atom is 0.225 e. The molecule has 1 aliphatic carbocycles. The van der Waals surface area contributed by atoms with Gasteiger partial charge in [-0.05, 0) is 37.5 Å². The van der Waals surface area contributed by atoms with Gasteiger partial charge >= 0.3 is 0 Å². The molecular formula is C18H34N2O. The van der Waals surface area contributed by atoms with E-state index in [1.807, 2.05) is 20.8 Å². The van der Waals surface area contributed by atoms with Gasteiger partial charge in [-0.1, -0.05) is 40.5 Å². The number of hydrogen-bond donors (Lipinski definition) is 1. The van der Waals surface area contributed by atoms with E-state index in [0.717, 1.165) is 24.8 Å². The fourth-order valence-corrected chi connectivity index (χ4v) is 3.62. The van der Waals surface area contributed by atoms with Gasteiger partial charge in [0.2, 0.25) is 5.91 Å². The highest BCUT2D eigenvalue weighted by Gasteiger charge is 2.32. The normalized spacial score (nSPS) is 28.2. The van der Waals surface area contributed by atoms with Crippen molar-refractivity contribution in [2.75, 3.05) is 19.6 Å². The van der Waals surface area contributed by atoms with E-state index in [4.69, 9.17) is 0 Å². The van der Waals surface area contributed by atoms with E-state index in [0.29, 0.717) is 6.04 Å². The van der Waals surface area contributed by atoms with Crippen molar-refractivity contribution in [2.24, 2.45) is 17.3 Å². The van der Waals surface area contributed by atoms with E-state index in [9.17, 15) is 4.79 Å². The van der Waals surface area contributed by atoms with E-state index in [-0.39, 0.29) is 11.3 Å². The Kier molecular flexibility index (Phi) is 5.70. The fraction of sp³-hybridized carbons (Fsp3) is 0.944. The van der Waals surface area contributed by atoms with Crippen molar-refractivity contribution in [3.05, 3.63) is 0 Å². The highest BCUT2D eigenvalue weighted by atomic mass is 16.2. The number of piperidine rings is 1. The number of carbonyl (C=O) groups is 1. The van der Waals surface area contributed by atoms with Crippen molar-refractivity contribution in [2.45, 2.75) is 72.3 Å². The van der Waals surface area contributed by atoms with Crippen molar-refractivity contribution in [1.82, 2.24) is 10.2 Å². The molecule has 122 valence electrons. The second-order valence-corrected chi connectivity index (χ2v) is 8.33. The molecule has 1 N–H and O–H groups in total. The van der Waals surface area contributed by atoms with E-state index in [1.54, 1.807) is 0 Å². The third-order valence-corrected chi connectivity index (χ3v) is 5.07. The molecule has 3 nitrogen and oxygen atoms in total. The summed E-state index contributed by atoms with van der Waals surface area (Å²) in [5, 5.41) is 3.31. The lowest BCUT2D eigenvalue weighted by Gasteiger charge is -2.41. The van der Waals surface area contributed by atoms with Crippen LogP contribution in [0.25, 0.3) is 0 Å². The van der Waals surface area contributed by atoms with Gasteiger partial charge in [-0.25, -0.2) is 0 Å². The molecule has 3 heteroatoms. The van der Waals surface area contributed by atoms with Crippen LogP contribution in [0.3, 0.4) is 0 Å². The lowest BCUT2D eigenvalue weighted by molar-refractivity contribution is -0.129. The number of nitrogens with one attached hydrogen (secondary N) is 1. The predicted molar refractivity (Wildman–Crippen MR) is 88.2 cm³/mol. The summed E-state index contributed by atoms with van der Waals surface area (Å²) in [7, 11) is 0. The number of nitrogens with zero attached hydrogens (tertiary/aromatic N) is 1. The number of carbonyl (C=O) groups excluding carboxylic acids is 1. The zero-order valence-electron chi connectivity index (χ0n) is 14.5. The van der Waals surface area contributed by atoms with Crippen LogP contribution in [-0.2, 0) is 4.79 Å². The van der Waals surface area contributed by atoms with E-state index >= 15 is 0 Å². The Hall–Kier alpha value is -0.570. The molecule has 21 heavy (non-hydrogen) atoms. The first-order chi connectivity index (χ1) is 9.88. The summed E-state index contributed by atoms with van der Waals surface area (Å²) in [5.74, 6) is 1.88. The predicted octanol–water partition coefficient (Wildman–Crippen LogP) is 3.44. The zero-order chi connectivity index (χ0) is 15.5. The Morgan fingerprint density at radius 1 is 1.19 bits per heavy atom. The molecule has 2 unspecified atom stereocenters. The standard InChI is InChI=1S/C18H34N2O/c1-5-7-15-10-16(19-17(21)18(2,3)4)13-20(12-15)11-14-8-6-9-14/h14-16H,5-13H2,1-4H3,(H,19,21). The Labute approximate surface area is 130 Å². The molecule has 2 aliphatic rings. The van der Waals surface area contributed by atoms with Crippen molar-refractivity contribution in [1.29, 1.82) is 0 Å². The van der Waals surface area contributed by atoms with Gasteiger partial charge in [0.1, 0.15) is 0 Å². The summed E-state index contributed by atoms with van der Waals surface area (Å²) in [6.07, 6.45) is 7.95. The second-order valence-electron chi connectivity index (χ2n) is 8.33. The summed E-state index contributed by atoms with van der Waals surface area (Å²) in [6.45, 7) is 11.8. The van der Waals surface area contributed by atoms with Crippen LogP contribution in [0.2, 0.25) is 0 Å². The SMILES string of the molecule is CCCC1CC(NC(=O)C(C)(C)C)CN(CC2CCC2)C1. The Morgan fingerprint density at radius 2 is 1.90 bits per heavy atom. The van der Waals surface area contributed by atoms with Gasteiger partial charge in [-0.2, -0.15) is 0 Å². The van der Waals surface area contributed by atoms with Crippen LogP contribution in [-0.4, -0.2) is 36.5 Å². The van der Waals surface area contributed by atoms with Gasteiger partial charge in [0, 0.05) is 31.1 Å². The van der Waals surface area contributed by atoms with E-state index in [1.165, 1.54) is 45.2 Å². The average Bonchev–Trinajstić information content (AvgIpc) is 2.33. The van der Waals surface area contributed by atoms with Crippen molar-refractivity contribution < 1.29 is 4.79 Å². The van der Waals surface area contributed by atoms with Crippen molar-refractivity contribution in [3.8, 4) is 0 Å². The number of likely N-dealkylation sites (tertiary alicyclic amines) is 1. The van der Waals surface area contributed by atoms with Crippen LogP contribution in [0.5, 0.6) is 0 Å². The Bertz CT molecular complexity index is 344. The third kappa shape index (κ3) is 4.98. The van der Waals surface area contributed by atoms with Crippen molar-refractivity contribution >= 4 is 5.91 Å². The molecule has 0 aromatic heterocycles. The molecule has 0 aromatic carbocycles. The highest BCUT2D eigenvalue weighted by molar-refractivity contribution is 5.81. The lowest BCUT2D eigenvalue weighted by atomic mass is 9.83. The van der Waals surface area contributed by atoms with E-state index < -0.39 is 0 Å². The molecule has 1 heterocycles. The van der Waals surface area contributed by atoms with Gasteiger partial charge in [0.25, 0.3) is 0 Å². The molecule has 0 radical (unpaired) electrons. The third-order valence-electron chi connectivity index (χ3n) is 5.07. The molecule has 1 saturated heterocycles. The minimum atomic E-state index is -0.281. The quantitative estimate of drug-likeness (QED) is 0.842. The largest absolute Gasteiger partial charge is 0.352 e. The summed E-state index contributed by atoms with van der Waals surface area (Å²) in [6, 6.07) is 0.349. The molecule has 1 aliphatic heterocycles. The van der Waals surface area contributed by atoms with E-state index in [2.05, 4.69) is 17.1 Å². The maximum atomic E-state index is 12.3. The minimum absolute atomic E-state index is 0.202. The van der Waals surface area contributed by atoms with Gasteiger partial charge < -0.3 is 10.2 Å². The van der Waals surface area contributed by atoms with Crippen LogP contribution < -0.4 is 5.32 Å². The first-order valence-corrected chi connectivity index (χ1v) is 8.91. The molecule has 1 amide bonds. The average molecular weight is 294 g/mol. The van der Waals surface area contributed by atoms with Gasteiger partial charge in [-0.15, -0.1) is 0 Å². The van der Waals surface area contributed by atoms with Gasteiger partial charge in [0.05, 0.1) is 0 Å². The molecule has 0 bridgehead atoms. The van der Waals surface area contributed by atoms with Crippen LogP contribution in [0, 0.1) is 17.3 Å². The molecule has 2 rings (SSSR count). The summed E-state index contributed by atoms with van der Waals surface area (Å²) in [4.78, 5) is 14.9. The second kappa shape index (κ2) is 7.13. The molecule has 1 saturated carbocycles. The molecule has 0 aromatic rings. The molecular weight excluding hydrogens is 260 g/mol. The van der Waals surface area contributed by atoms with Gasteiger partial charge in [0.15, 0.2) is 0 Å². The smallest absolute Gasteiger partial charge is 0.225 e. The number of rotatable bonds is 5. The number of amides is 1. The summed E-state index contributed by atoms with van der Waals surface area (Å²) < 4.78 is 0. The van der Waals surface area contributed by atoms with Crippen LogP contribution >= 0.6 is 0 Å². The highest BCUT2D eigenvalue weighted by Crippen LogP contribution is 2.30. The topological polar surface area (TPSA) is 32.3 Å². The zero-order valence-corrected chi connectivity index (χ0v) is 14.5. The first kappa shape index (κ1) is 16.8. The first-order valence-electron chi connectivity index (χ1n) is 8.91. The fourth-order valence-electron chi connectivity index (χ4n) is 3.62. The Balaban J connectivity index is 1.90. The minimum Gasteiger partial charge on any atom is -0.352 e. The molecule has 2 fully saturated rings. The van der Waals surface area contributed by atoms with Crippen LogP contribution in [0.15, 0.2) is 0 Å². The summed E-state index contributed by atoms with van der Waals surface area (Å²) in [5.41, 5.74) is -0.281. The maximum absolute atomic E-state index is 12.3. The van der Waals surface area contributed by atoms with Crippen LogP contribution in [0.1, 0.15) is 66.2 Å². The van der Waals surface area contributed by atoms with Gasteiger partial charge in [-0.3, -0.25) is 4.79 Å². The Morgan fingerprint density at radius 3 is 2.43 bits per heavy atom. The summed E-state index contributed by atoms with van der Waals surface area (Å²) >= 11 is 0. The van der Waals surface area contributed by atoms with Crippen LogP contribution in [0.4, 0.5) is 0 Å². The number of hydrogen-bond acceptors (Lipinski definition) is 2. The lowest BCUT2D eigenvalue weighted by Crippen LogP contribution is -2.53. The molecule has 2 atom stereocenters. The van der Waals surface area contributed by atoms with Crippen molar-refractivity contribution in [3.63, 3.8) is 0 Å². The monoisotopic (exact) mass is 294 g/mol.